The van der Waals surface area contributed by atoms with Gasteiger partial charge in [0.15, 0.2) is 0 Å². The van der Waals surface area contributed by atoms with Gasteiger partial charge in [0, 0.05) is 10.6 Å². The lowest BCUT2D eigenvalue weighted by molar-refractivity contribution is 0.371. The van der Waals surface area contributed by atoms with Gasteiger partial charge in [-0.1, -0.05) is 6.92 Å². The van der Waals surface area contributed by atoms with Crippen molar-refractivity contribution in [2.24, 2.45) is 5.92 Å². The van der Waals surface area contributed by atoms with Gasteiger partial charge in [0.25, 0.3) is 0 Å². The average Bonchev–Trinajstić information content (AvgIpc) is 2.25. The third-order valence-corrected chi connectivity index (χ3v) is 3.76. The van der Waals surface area contributed by atoms with Crippen LogP contribution in [-0.2, 0) is 0 Å². The minimum Gasteiger partial charge on any atom is -0.309 e. The number of rotatable bonds is 6. The molecule has 1 aromatic carbocycles. The van der Waals surface area contributed by atoms with Gasteiger partial charge < -0.3 is 4.90 Å². The first-order chi connectivity index (χ1) is 7.58. The lowest BCUT2D eigenvalue weighted by Gasteiger charge is -2.14. The zero-order chi connectivity index (χ0) is 12.0. The van der Waals surface area contributed by atoms with Crippen LogP contribution >= 0.6 is 11.8 Å². The van der Waals surface area contributed by atoms with Crippen molar-refractivity contribution in [2.75, 3.05) is 26.4 Å². The molecule has 0 saturated carbocycles. The molecule has 0 aliphatic rings. The maximum Gasteiger partial charge on any atom is 0.123 e. The number of thioether (sulfide) groups is 1. The van der Waals surface area contributed by atoms with Gasteiger partial charge in [-0.15, -0.1) is 11.8 Å². The van der Waals surface area contributed by atoms with Crippen LogP contribution in [0.3, 0.4) is 0 Å². The Morgan fingerprint density at radius 3 is 2.44 bits per heavy atom. The minimum absolute atomic E-state index is 0.162. The molecule has 0 aliphatic carbocycles. The lowest BCUT2D eigenvalue weighted by Crippen LogP contribution is -2.16. The van der Waals surface area contributed by atoms with Crippen LogP contribution in [0.25, 0.3) is 0 Å². The Bertz CT molecular complexity index is 297. The van der Waals surface area contributed by atoms with Crippen LogP contribution in [0.2, 0.25) is 0 Å². The molecule has 1 aromatic rings. The van der Waals surface area contributed by atoms with Crippen LogP contribution in [0.4, 0.5) is 4.39 Å². The second-order valence-corrected chi connectivity index (χ2v) is 5.56. The molecule has 0 unspecified atom stereocenters. The highest BCUT2D eigenvalue weighted by molar-refractivity contribution is 7.99. The van der Waals surface area contributed by atoms with Gasteiger partial charge in [-0.3, -0.25) is 0 Å². The van der Waals surface area contributed by atoms with Crippen LogP contribution in [0, 0.1) is 11.7 Å². The number of hydrogen-bond donors (Lipinski definition) is 0. The molecule has 1 nitrogen and oxygen atoms in total. The fourth-order valence-electron chi connectivity index (χ4n) is 1.33. The molecule has 0 radical (unpaired) electrons. The molecule has 0 aromatic heterocycles. The molecule has 0 bridgehead atoms. The van der Waals surface area contributed by atoms with Crippen molar-refractivity contribution in [3.63, 3.8) is 0 Å². The SMILES string of the molecule is C[C@H](CCN(C)C)CSc1ccc(F)cc1. The highest BCUT2D eigenvalue weighted by atomic mass is 32.2. The fraction of sp³-hybridized carbons (Fsp3) is 0.538. The smallest absolute Gasteiger partial charge is 0.123 e. The molecule has 90 valence electrons. The number of halogens is 1. The maximum absolute atomic E-state index is 12.7. The van der Waals surface area contributed by atoms with Crippen LogP contribution in [0.1, 0.15) is 13.3 Å². The van der Waals surface area contributed by atoms with Gasteiger partial charge in [-0.2, -0.15) is 0 Å². The quantitative estimate of drug-likeness (QED) is 0.701. The summed E-state index contributed by atoms with van der Waals surface area (Å²) in [5.41, 5.74) is 0. The summed E-state index contributed by atoms with van der Waals surface area (Å²) < 4.78 is 12.7. The van der Waals surface area contributed by atoms with E-state index in [2.05, 4.69) is 25.9 Å². The predicted octanol–water partition coefficient (Wildman–Crippen LogP) is 3.51. The first-order valence-corrected chi connectivity index (χ1v) is 6.59. The Labute approximate surface area is 102 Å². The van der Waals surface area contributed by atoms with E-state index in [9.17, 15) is 4.39 Å². The fourth-order valence-corrected chi connectivity index (χ4v) is 2.30. The van der Waals surface area contributed by atoms with Gasteiger partial charge >= 0.3 is 0 Å². The summed E-state index contributed by atoms with van der Waals surface area (Å²) in [7, 11) is 4.19. The Hall–Kier alpha value is -0.540. The monoisotopic (exact) mass is 241 g/mol. The Kier molecular flexibility index (Phi) is 5.85. The summed E-state index contributed by atoms with van der Waals surface area (Å²) in [5, 5.41) is 0. The molecular formula is C13H20FNS. The highest BCUT2D eigenvalue weighted by Crippen LogP contribution is 2.22. The van der Waals surface area contributed by atoms with E-state index in [-0.39, 0.29) is 5.82 Å². The van der Waals surface area contributed by atoms with Gasteiger partial charge in [-0.25, -0.2) is 4.39 Å². The van der Waals surface area contributed by atoms with Gasteiger partial charge in [0.2, 0.25) is 0 Å². The summed E-state index contributed by atoms with van der Waals surface area (Å²) in [6.07, 6.45) is 1.21. The third-order valence-electron chi connectivity index (χ3n) is 2.42. The van der Waals surface area contributed by atoms with Crippen molar-refractivity contribution in [1.29, 1.82) is 0 Å². The molecule has 0 saturated heterocycles. The van der Waals surface area contributed by atoms with Gasteiger partial charge in [0.05, 0.1) is 0 Å². The van der Waals surface area contributed by atoms with Crippen molar-refractivity contribution in [3.8, 4) is 0 Å². The second-order valence-electron chi connectivity index (χ2n) is 4.46. The number of benzene rings is 1. The zero-order valence-electron chi connectivity index (χ0n) is 10.2. The molecule has 0 fully saturated rings. The zero-order valence-corrected chi connectivity index (χ0v) is 11.1. The van der Waals surface area contributed by atoms with Crippen LogP contribution in [0.15, 0.2) is 29.2 Å². The van der Waals surface area contributed by atoms with E-state index < -0.39 is 0 Å². The Balaban J connectivity index is 2.26. The van der Waals surface area contributed by atoms with E-state index in [1.165, 1.54) is 18.6 Å². The van der Waals surface area contributed by atoms with E-state index >= 15 is 0 Å². The predicted molar refractivity (Wildman–Crippen MR) is 69.5 cm³/mol. The molecule has 1 rings (SSSR count). The van der Waals surface area contributed by atoms with Crippen molar-refractivity contribution >= 4 is 11.8 Å². The number of hydrogen-bond acceptors (Lipinski definition) is 2. The van der Waals surface area contributed by atoms with Crippen LogP contribution in [-0.4, -0.2) is 31.3 Å². The van der Waals surface area contributed by atoms with Crippen LogP contribution in [0.5, 0.6) is 0 Å². The lowest BCUT2D eigenvalue weighted by atomic mass is 10.1. The Morgan fingerprint density at radius 2 is 1.88 bits per heavy atom. The van der Waals surface area contributed by atoms with Gasteiger partial charge in [0.1, 0.15) is 5.82 Å². The normalized spacial score (nSPS) is 13.1. The first-order valence-electron chi connectivity index (χ1n) is 5.61. The Morgan fingerprint density at radius 1 is 1.25 bits per heavy atom. The minimum atomic E-state index is -0.162. The molecule has 0 amide bonds. The maximum atomic E-state index is 12.7. The van der Waals surface area contributed by atoms with Gasteiger partial charge in [-0.05, 0) is 57.2 Å². The molecule has 0 aliphatic heterocycles. The summed E-state index contributed by atoms with van der Waals surface area (Å²) in [6, 6.07) is 6.73. The molecule has 16 heavy (non-hydrogen) atoms. The summed E-state index contributed by atoms with van der Waals surface area (Å²) >= 11 is 1.80. The standard InChI is InChI=1S/C13H20FNS/c1-11(8-9-15(2)3)10-16-13-6-4-12(14)5-7-13/h4-7,11H,8-10H2,1-3H3/t11-/m1/s1. The van der Waals surface area contributed by atoms with Crippen molar-refractivity contribution in [3.05, 3.63) is 30.1 Å². The van der Waals surface area contributed by atoms with E-state index in [0.29, 0.717) is 5.92 Å². The average molecular weight is 241 g/mol. The largest absolute Gasteiger partial charge is 0.309 e. The topological polar surface area (TPSA) is 3.24 Å². The summed E-state index contributed by atoms with van der Waals surface area (Å²) in [5.74, 6) is 1.63. The van der Waals surface area contributed by atoms with Crippen LogP contribution < -0.4 is 0 Å². The highest BCUT2D eigenvalue weighted by Gasteiger charge is 2.04. The number of nitrogens with zero attached hydrogens (tertiary/aromatic N) is 1. The van der Waals surface area contributed by atoms with Crippen molar-refractivity contribution in [1.82, 2.24) is 4.90 Å². The molecular weight excluding hydrogens is 221 g/mol. The third kappa shape index (κ3) is 5.52. The van der Waals surface area contributed by atoms with Crippen molar-refractivity contribution < 1.29 is 4.39 Å². The second kappa shape index (κ2) is 6.92. The molecule has 0 N–H and O–H groups in total. The molecule has 3 heteroatoms. The summed E-state index contributed by atoms with van der Waals surface area (Å²) in [4.78, 5) is 3.36. The van der Waals surface area contributed by atoms with E-state index in [4.69, 9.17) is 0 Å². The van der Waals surface area contributed by atoms with E-state index in [1.807, 2.05) is 12.1 Å². The van der Waals surface area contributed by atoms with E-state index in [0.717, 1.165) is 17.2 Å². The molecule has 0 spiro atoms. The molecule has 0 heterocycles. The molecule has 1 atom stereocenters. The first kappa shape index (κ1) is 13.5. The van der Waals surface area contributed by atoms with E-state index in [1.54, 1.807) is 11.8 Å². The van der Waals surface area contributed by atoms with Crippen molar-refractivity contribution in [2.45, 2.75) is 18.2 Å². The summed E-state index contributed by atoms with van der Waals surface area (Å²) in [6.45, 7) is 3.39.